The number of halogens is 6. The van der Waals surface area contributed by atoms with E-state index in [1.165, 1.54) is 0 Å². The molecule has 2 saturated heterocycles. The predicted molar refractivity (Wildman–Crippen MR) is 127 cm³/mol. The van der Waals surface area contributed by atoms with Crippen molar-refractivity contribution in [2.75, 3.05) is 38.1 Å². The summed E-state index contributed by atoms with van der Waals surface area (Å²) >= 11 is 0. The lowest BCUT2D eigenvalue weighted by atomic mass is 9.93. The predicted octanol–water partition coefficient (Wildman–Crippen LogP) is 1.57. The van der Waals surface area contributed by atoms with Crippen LogP contribution in [-0.2, 0) is 32.6 Å². The fourth-order valence-corrected chi connectivity index (χ4v) is 4.02. The van der Waals surface area contributed by atoms with E-state index in [-0.39, 0.29) is 17.4 Å². The Morgan fingerprint density at radius 1 is 1.00 bits per heavy atom. The lowest BCUT2D eigenvalue weighted by Gasteiger charge is -2.46. The molecular formula is C23H26F6N6O6. The molecular weight excluding hydrogens is 570 g/mol. The van der Waals surface area contributed by atoms with Gasteiger partial charge in [0.2, 0.25) is 11.8 Å². The summed E-state index contributed by atoms with van der Waals surface area (Å²) < 4.78 is 65.2. The van der Waals surface area contributed by atoms with Crippen LogP contribution < -0.4 is 4.90 Å². The lowest BCUT2D eigenvalue weighted by molar-refractivity contribution is -0.193. The number of alkyl halides is 6. The number of carboxylic acid groups (broad SMARTS) is 2. The number of carboxylic acids is 2. The molecule has 0 saturated carbocycles. The molecule has 1 spiro atoms. The van der Waals surface area contributed by atoms with Gasteiger partial charge in [-0.25, -0.2) is 9.59 Å². The zero-order valence-electron chi connectivity index (χ0n) is 21.7. The first kappa shape index (κ1) is 33.0. The number of aryl methyl sites for hydroxylation is 1. The van der Waals surface area contributed by atoms with Crippen LogP contribution in [0.5, 0.6) is 0 Å². The highest BCUT2D eigenvalue weighted by Gasteiger charge is 2.48. The molecule has 18 heteroatoms. The third kappa shape index (κ3) is 9.16. The second kappa shape index (κ2) is 13.0. The first-order chi connectivity index (χ1) is 18.9. The van der Waals surface area contributed by atoms with Crippen molar-refractivity contribution in [3.8, 4) is 0 Å². The summed E-state index contributed by atoms with van der Waals surface area (Å²) in [7, 11) is 3.82. The van der Waals surface area contributed by atoms with Gasteiger partial charge in [0.1, 0.15) is 0 Å². The molecule has 4 heterocycles. The van der Waals surface area contributed by atoms with Crippen LogP contribution in [0, 0.1) is 0 Å². The first-order valence-electron chi connectivity index (χ1n) is 11.6. The van der Waals surface area contributed by atoms with Crippen molar-refractivity contribution >= 4 is 29.4 Å². The molecule has 2 fully saturated rings. The summed E-state index contributed by atoms with van der Waals surface area (Å²) in [4.78, 5) is 53.2. The summed E-state index contributed by atoms with van der Waals surface area (Å²) in [6, 6.07) is 5.62. The number of pyridine rings is 1. The second-order valence-electron chi connectivity index (χ2n) is 9.10. The highest BCUT2D eigenvalue weighted by molar-refractivity contribution is 5.95. The van der Waals surface area contributed by atoms with E-state index in [4.69, 9.17) is 19.8 Å². The molecule has 2 amide bonds. The van der Waals surface area contributed by atoms with Crippen molar-refractivity contribution < 1.29 is 55.7 Å². The van der Waals surface area contributed by atoms with Gasteiger partial charge in [-0.15, -0.1) is 0 Å². The maximum absolute atomic E-state index is 12.7. The van der Waals surface area contributed by atoms with E-state index in [0.29, 0.717) is 32.6 Å². The highest BCUT2D eigenvalue weighted by atomic mass is 19.4. The van der Waals surface area contributed by atoms with Gasteiger partial charge in [0.15, 0.2) is 0 Å². The molecule has 2 aromatic heterocycles. The topological polar surface area (TPSA) is 149 Å². The average Bonchev–Trinajstić information content (AvgIpc) is 3.49. The monoisotopic (exact) mass is 596 g/mol. The Bertz CT molecular complexity index is 1210. The van der Waals surface area contributed by atoms with Crippen molar-refractivity contribution in [2.45, 2.75) is 30.7 Å². The molecule has 12 nitrogen and oxygen atoms in total. The number of carbonyl (C=O) groups excluding carboxylic acids is 2. The molecule has 2 aliphatic rings. The standard InChI is InChI=1S/C19H24N6O2.2C2HF3O2/c1-22-12-18(27)25(16-10-21-23(2)11-16)14-19(22)6-8-24(13-19)17(26)9-15-5-3-4-7-20-15;2*3-2(4,5)1(6)7/h3-5,7,10-11H,6,8-9,12-14H2,1-2H3;2*(H,6,7). The third-order valence-corrected chi connectivity index (χ3v) is 6.17. The number of aliphatic carboxylic acids is 2. The van der Waals surface area contributed by atoms with E-state index in [0.717, 1.165) is 17.8 Å². The molecule has 4 rings (SSSR count). The normalized spacial score (nSPS) is 19.3. The number of rotatable bonds is 3. The van der Waals surface area contributed by atoms with E-state index in [1.807, 2.05) is 43.4 Å². The highest BCUT2D eigenvalue weighted by Crippen LogP contribution is 2.33. The van der Waals surface area contributed by atoms with Crippen molar-refractivity contribution in [2.24, 2.45) is 7.05 Å². The number of likely N-dealkylation sites (N-methyl/N-ethyl adjacent to an activating group) is 1. The third-order valence-electron chi connectivity index (χ3n) is 6.17. The summed E-state index contributed by atoms with van der Waals surface area (Å²) in [6.07, 6.45) is -3.72. The van der Waals surface area contributed by atoms with Gasteiger partial charge in [-0.3, -0.25) is 24.2 Å². The molecule has 1 atom stereocenters. The van der Waals surface area contributed by atoms with Crippen LogP contribution in [0.25, 0.3) is 0 Å². The van der Waals surface area contributed by atoms with Gasteiger partial charge >= 0.3 is 24.3 Å². The molecule has 41 heavy (non-hydrogen) atoms. The smallest absolute Gasteiger partial charge is 0.475 e. The number of nitrogens with zero attached hydrogens (tertiary/aromatic N) is 6. The number of likely N-dealkylation sites (tertiary alicyclic amines) is 1. The van der Waals surface area contributed by atoms with Gasteiger partial charge in [-0.05, 0) is 25.6 Å². The van der Waals surface area contributed by atoms with Gasteiger partial charge in [-0.1, -0.05) is 6.07 Å². The van der Waals surface area contributed by atoms with Crippen molar-refractivity contribution in [3.63, 3.8) is 0 Å². The van der Waals surface area contributed by atoms with E-state index >= 15 is 0 Å². The summed E-state index contributed by atoms with van der Waals surface area (Å²) in [6.45, 7) is 2.24. The summed E-state index contributed by atoms with van der Waals surface area (Å²) in [5, 5.41) is 18.4. The fraction of sp³-hybridized carbons (Fsp3) is 0.478. The maximum Gasteiger partial charge on any atom is 0.490 e. The van der Waals surface area contributed by atoms with Gasteiger partial charge < -0.3 is 20.0 Å². The molecule has 1 unspecified atom stereocenters. The largest absolute Gasteiger partial charge is 0.490 e. The van der Waals surface area contributed by atoms with Gasteiger partial charge in [0.25, 0.3) is 0 Å². The second-order valence-corrected chi connectivity index (χ2v) is 9.10. The Kier molecular flexibility index (Phi) is 10.4. The molecule has 0 aliphatic carbocycles. The molecule has 0 radical (unpaired) electrons. The van der Waals surface area contributed by atoms with E-state index < -0.39 is 24.3 Å². The van der Waals surface area contributed by atoms with Crippen LogP contribution in [0.2, 0.25) is 0 Å². The average molecular weight is 596 g/mol. The zero-order chi connectivity index (χ0) is 31.2. The van der Waals surface area contributed by atoms with Gasteiger partial charge in [-0.2, -0.15) is 31.4 Å². The SMILES string of the molecule is CN1CC(=O)N(c2cnn(C)c2)CC12CCN(C(=O)Cc1ccccn1)C2.O=C(O)C(F)(F)F.O=C(O)C(F)(F)F. The molecule has 0 bridgehead atoms. The van der Waals surface area contributed by atoms with Crippen LogP contribution in [0.1, 0.15) is 12.1 Å². The van der Waals surface area contributed by atoms with E-state index in [9.17, 15) is 35.9 Å². The number of hydrogen-bond donors (Lipinski definition) is 2. The lowest BCUT2D eigenvalue weighted by Crippen LogP contribution is -2.64. The minimum atomic E-state index is -5.08. The van der Waals surface area contributed by atoms with Crippen LogP contribution >= 0.6 is 0 Å². The van der Waals surface area contributed by atoms with Crippen LogP contribution in [0.15, 0.2) is 36.8 Å². The molecule has 2 N–H and O–H groups in total. The number of amides is 2. The Morgan fingerprint density at radius 2 is 1.59 bits per heavy atom. The van der Waals surface area contributed by atoms with E-state index in [1.54, 1.807) is 22.0 Å². The Labute approximate surface area is 228 Å². The Balaban J connectivity index is 0.000000349. The number of hydrogen-bond acceptors (Lipinski definition) is 7. The number of anilines is 1. The van der Waals surface area contributed by atoms with Crippen LogP contribution in [0.4, 0.5) is 32.0 Å². The summed E-state index contributed by atoms with van der Waals surface area (Å²) in [5.41, 5.74) is 1.38. The van der Waals surface area contributed by atoms with Crippen LogP contribution in [-0.4, -0.2) is 110 Å². The minimum Gasteiger partial charge on any atom is -0.475 e. The van der Waals surface area contributed by atoms with Crippen molar-refractivity contribution in [1.29, 1.82) is 0 Å². The first-order valence-corrected chi connectivity index (χ1v) is 11.6. The minimum absolute atomic E-state index is 0.0642. The molecule has 2 aromatic rings. The maximum atomic E-state index is 12.7. The Morgan fingerprint density at radius 3 is 2.05 bits per heavy atom. The van der Waals surface area contributed by atoms with E-state index in [2.05, 4.69) is 15.0 Å². The molecule has 226 valence electrons. The Hall–Kier alpha value is -4.22. The molecule has 0 aromatic carbocycles. The number of aromatic nitrogens is 3. The van der Waals surface area contributed by atoms with Crippen LogP contribution in [0.3, 0.4) is 0 Å². The quantitative estimate of drug-likeness (QED) is 0.504. The van der Waals surface area contributed by atoms with Crippen molar-refractivity contribution in [3.05, 3.63) is 42.5 Å². The molecule has 2 aliphatic heterocycles. The van der Waals surface area contributed by atoms with Gasteiger partial charge in [0, 0.05) is 44.8 Å². The zero-order valence-corrected chi connectivity index (χ0v) is 21.7. The summed E-state index contributed by atoms with van der Waals surface area (Å²) in [5.74, 6) is -5.36. The van der Waals surface area contributed by atoms with Crippen molar-refractivity contribution in [1.82, 2.24) is 24.6 Å². The van der Waals surface area contributed by atoms with Gasteiger partial charge in [0.05, 0.1) is 30.4 Å². The number of carbonyl (C=O) groups is 4. The fourth-order valence-electron chi connectivity index (χ4n) is 4.02. The number of piperazine rings is 1.